The number of carbonyl (C=O) groups is 1. The van der Waals surface area contributed by atoms with Crippen molar-refractivity contribution in [3.05, 3.63) is 59.8 Å². The number of hydrogen-bond acceptors (Lipinski definition) is 4. The first-order chi connectivity index (χ1) is 15.6. The second-order valence-electron chi connectivity index (χ2n) is 9.26. The second-order valence-corrected chi connectivity index (χ2v) is 9.26. The van der Waals surface area contributed by atoms with E-state index >= 15 is 0 Å². The molecule has 2 fully saturated rings. The van der Waals surface area contributed by atoms with Crippen LogP contribution in [0.3, 0.4) is 0 Å². The minimum atomic E-state index is -0.255. The van der Waals surface area contributed by atoms with Crippen LogP contribution in [-0.2, 0) is 17.6 Å². The van der Waals surface area contributed by atoms with Crippen molar-refractivity contribution in [2.75, 3.05) is 31.1 Å². The van der Waals surface area contributed by atoms with E-state index < -0.39 is 0 Å². The Morgan fingerprint density at radius 2 is 1.94 bits per heavy atom. The molecule has 6 heteroatoms. The fourth-order valence-corrected chi connectivity index (χ4v) is 5.17. The second kappa shape index (κ2) is 8.94. The number of fused-ring (bicyclic) bond motifs is 1. The summed E-state index contributed by atoms with van der Waals surface area (Å²) in [5.74, 6) is -0.255. The number of benzene rings is 2. The molecule has 1 atom stereocenters. The number of amides is 1. The Hall–Kier alpha value is -2.86. The Bertz CT molecular complexity index is 1090. The van der Waals surface area contributed by atoms with E-state index in [-0.39, 0.29) is 11.9 Å². The van der Waals surface area contributed by atoms with Crippen molar-refractivity contribution < 1.29 is 4.79 Å². The van der Waals surface area contributed by atoms with Crippen LogP contribution in [0.4, 0.5) is 5.69 Å². The molecule has 168 valence electrons. The third-order valence-electron chi connectivity index (χ3n) is 7.17. The van der Waals surface area contributed by atoms with Gasteiger partial charge < -0.3 is 10.6 Å². The van der Waals surface area contributed by atoms with E-state index in [0.29, 0.717) is 12.6 Å². The van der Waals surface area contributed by atoms with Gasteiger partial charge in [0, 0.05) is 36.7 Å². The molecule has 2 aromatic carbocycles. The van der Waals surface area contributed by atoms with Gasteiger partial charge in [0.15, 0.2) is 0 Å². The quantitative estimate of drug-likeness (QED) is 0.621. The maximum absolute atomic E-state index is 11.7. The third-order valence-corrected chi connectivity index (χ3v) is 7.17. The number of primary amides is 1. The van der Waals surface area contributed by atoms with Crippen molar-refractivity contribution in [3.63, 3.8) is 0 Å². The van der Waals surface area contributed by atoms with Crippen LogP contribution >= 0.6 is 0 Å². The summed E-state index contributed by atoms with van der Waals surface area (Å²) < 4.78 is 2.28. The van der Waals surface area contributed by atoms with Crippen molar-refractivity contribution in [2.45, 2.75) is 51.1 Å². The number of nitrogens with two attached hydrogens (primary N) is 1. The molecule has 32 heavy (non-hydrogen) atoms. The van der Waals surface area contributed by atoms with Crippen LogP contribution in [0, 0.1) is 0 Å². The summed E-state index contributed by atoms with van der Waals surface area (Å²) in [6.45, 7) is 5.11. The molecule has 2 N–H and O–H groups in total. The first-order valence-corrected chi connectivity index (χ1v) is 11.9. The van der Waals surface area contributed by atoms with Crippen molar-refractivity contribution >= 4 is 22.5 Å². The van der Waals surface area contributed by atoms with Gasteiger partial charge in [-0.1, -0.05) is 37.3 Å². The predicted octanol–water partition coefficient (Wildman–Crippen LogP) is 3.54. The van der Waals surface area contributed by atoms with Gasteiger partial charge in [-0.2, -0.15) is 5.10 Å². The highest BCUT2D eigenvalue weighted by Gasteiger charge is 2.29. The van der Waals surface area contributed by atoms with Crippen molar-refractivity contribution in [2.24, 2.45) is 5.73 Å². The SMILES string of the molecule is CCc1nn(C2CCC2)c2cc(N3CCN(CC(N)=O)C(Cc4ccccc4)C3)ccc12. The highest BCUT2D eigenvalue weighted by Crippen LogP contribution is 2.36. The van der Waals surface area contributed by atoms with Gasteiger partial charge in [-0.05, 0) is 55.9 Å². The van der Waals surface area contributed by atoms with E-state index in [1.54, 1.807) is 0 Å². The smallest absolute Gasteiger partial charge is 0.231 e. The molecule has 1 amide bonds. The van der Waals surface area contributed by atoms with E-state index in [9.17, 15) is 4.79 Å². The number of piperazine rings is 1. The molecule has 1 aliphatic carbocycles. The van der Waals surface area contributed by atoms with Crippen LogP contribution in [0.5, 0.6) is 0 Å². The maximum atomic E-state index is 11.7. The zero-order valence-electron chi connectivity index (χ0n) is 18.9. The van der Waals surface area contributed by atoms with Crippen molar-refractivity contribution in [1.29, 1.82) is 0 Å². The van der Waals surface area contributed by atoms with E-state index in [2.05, 4.69) is 63.9 Å². The first kappa shape index (κ1) is 21.0. The number of nitrogens with zero attached hydrogens (tertiary/aromatic N) is 4. The van der Waals surface area contributed by atoms with Gasteiger partial charge in [0.05, 0.1) is 23.8 Å². The fourth-order valence-electron chi connectivity index (χ4n) is 5.17. The lowest BCUT2D eigenvalue weighted by molar-refractivity contribution is -0.119. The number of rotatable bonds is 7. The van der Waals surface area contributed by atoms with Crippen LogP contribution in [0.15, 0.2) is 48.5 Å². The number of aryl methyl sites for hydroxylation is 1. The summed E-state index contributed by atoms with van der Waals surface area (Å²) in [7, 11) is 0. The molecule has 1 saturated carbocycles. The van der Waals surface area contributed by atoms with Gasteiger partial charge in [-0.25, -0.2) is 0 Å². The van der Waals surface area contributed by atoms with Gasteiger partial charge in [-0.3, -0.25) is 14.4 Å². The average molecular weight is 432 g/mol. The third kappa shape index (κ3) is 4.11. The molecule has 1 saturated heterocycles. The lowest BCUT2D eigenvalue weighted by atomic mass is 9.93. The lowest BCUT2D eigenvalue weighted by Gasteiger charge is -2.42. The van der Waals surface area contributed by atoms with E-state index in [1.807, 2.05) is 6.07 Å². The highest BCUT2D eigenvalue weighted by molar-refractivity contribution is 5.85. The van der Waals surface area contributed by atoms with E-state index in [1.165, 1.54) is 47.1 Å². The van der Waals surface area contributed by atoms with Crippen LogP contribution in [0.25, 0.3) is 10.9 Å². The number of anilines is 1. The molecule has 2 heterocycles. The Morgan fingerprint density at radius 1 is 1.12 bits per heavy atom. The molecular weight excluding hydrogens is 398 g/mol. The van der Waals surface area contributed by atoms with Crippen LogP contribution in [-0.4, -0.2) is 52.8 Å². The van der Waals surface area contributed by atoms with Crippen molar-refractivity contribution in [1.82, 2.24) is 14.7 Å². The number of aromatic nitrogens is 2. The Labute approximate surface area is 190 Å². The van der Waals surface area contributed by atoms with Gasteiger partial charge in [0.25, 0.3) is 0 Å². The summed E-state index contributed by atoms with van der Waals surface area (Å²) in [5, 5.41) is 6.26. The molecule has 1 aromatic heterocycles. The van der Waals surface area contributed by atoms with Crippen LogP contribution in [0.2, 0.25) is 0 Å². The first-order valence-electron chi connectivity index (χ1n) is 11.9. The molecule has 5 rings (SSSR count). The zero-order valence-corrected chi connectivity index (χ0v) is 18.9. The standard InChI is InChI=1S/C26H33N5O/c1-2-24-23-12-11-21(16-25(23)31(28-24)20-9-6-10-20)29-13-14-30(18-26(27)32)22(17-29)15-19-7-4-3-5-8-19/h3-5,7-8,11-12,16,20,22H,2,6,9-10,13-15,17-18H2,1H3,(H2,27,32). The molecule has 1 aliphatic heterocycles. The van der Waals surface area contributed by atoms with Crippen molar-refractivity contribution in [3.8, 4) is 0 Å². The minimum Gasteiger partial charge on any atom is -0.369 e. The molecule has 3 aromatic rings. The van der Waals surface area contributed by atoms with Crippen LogP contribution < -0.4 is 10.6 Å². The summed E-state index contributed by atoms with van der Waals surface area (Å²) in [6.07, 6.45) is 5.63. The monoisotopic (exact) mass is 431 g/mol. The number of hydrogen-bond donors (Lipinski definition) is 1. The topological polar surface area (TPSA) is 67.4 Å². The fraction of sp³-hybridized carbons (Fsp3) is 0.462. The summed E-state index contributed by atoms with van der Waals surface area (Å²) in [4.78, 5) is 16.4. The molecule has 6 nitrogen and oxygen atoms in total. The lowest BCUT2D eigenvalue weighted by Crippen LogP contribution is -2.56. The Kier molecular flexibility index (Phi) is 5.87. The summed E-state index contributed by atoms with van der Waals surface area (Å²) >= 11 is 0. The molecule has 0 bridgehead atoms. The number of carbonyl (C=O) groups excluding carboxylic acids is 1. The Morgan fingerprint density at radius 3 is 2.62 bits per heavy atom. The maximum Gasteiger partial charge on any atom is 0.231 e. The largest absolute Gasteiger partial charge is 0.369 e. The van der Waals surface area contributed by atoms with Gasteiger partial charge in [-0.15, -0.1) is 0 Å². The Balaban J connectivity index is 1.42. The normalized spacial score (nSPS) is 19.9. The molecule has 2 aliphatic rings. The van der Waals surface area contributed by atoms with Crippen LogP contribution in [0.1, 0.15) is 43.5 Å². The van der Waals surface area contributed by atoms with E-state index in [0.717, 1.165) is 32.5 Å². The van der Waals surface area contributed by atoms with Gasteiger partial charge >= 0.3 is 0 Å². The summed E-state index contributed by atoms with van der Waals surface area (Å²) in [6, 6.07) is 18.2. The molecular formula is C26H33N5O. The molecule has 1 unspecified atom stereocenters. The molecule has 0 radical (unpaired) electrons. The van der Waals surface area contributed by atoms with Gasteiger partial charge in [0.1, 0.15) is 0 Å². The predicted molar refractivity (Wildman–Crippen MR) is 129 cm³/mol. The molecule has 0 spiro atoms. The zero-order chi connectivity index (χ0) is 22.1. The minimum absolute atomic E-state index is 0.247. The average Bonchev–Trinajstić information content (AvgIpc) is 3.12. The highest BCUT2D eigenvalue weighted by atomic mass is 16.1. The van der Waals surface area contributed by atoms with E-state index in [4.69, 9.17) is 10.8 Å². The van der Waals surface area contributed by atoms with Gasteiger partial charge in [0.2, 0.25) is 5.91 Å². The summed E-state index contributed by atoms with van der Waals surface area (Å²) in [5.41, 5.74) is 10.6.